The van der Waals surface area contributed by atoms with Crippen molar-refractivity contribution in [2.75, 3.05) is 6.54 Å². The molecule has 2 aliphatic rings. The van der Waals surface area contributed by atoms with Gasteiger partial charge in [0.15, 0.2) is 0 Å². The average molecular weight is 287 g/mol. The molecule has 2 heteroatoms. The molecule has 1 saturated carbocycles. The lowest BCUT2D eigenvalue weighted by atomic mass is 9.88. The lowest BCUT2D eigenvalue weighted by Gasteiger charge is -2.32. The van der Waals surface area contributed by atoms with E-state index in [1.807, 2.05) is 0 Å². The van der Waals surface area contributed by atoms with Gasteiger partial charge < -0.3 is 10.1 Å². The molecular weight excluding hydrogens is 258 g/mol. The summed E-state index contributed by atoms with van der Waals surface area (Å²) in [5.41, 5.74) is 2.93. The Morgan fingerprint density at radius 2 is 2.10 bits per heavy atom. The summed E-state index contributed by atoms with van der Waals surface area (Å²) in [6.07, 6.45) is 8.24. The maximum absolute atomic E-state index is 6.55. The van der Waals surface area contributed by atoms with Gasteiger partial charge in [0.1, 0.15) is 0 Å². The van der Waals surface area contributed by atoms with Gasteiger partial charge in [-0.3, -0.25) is 0 Å². The second-order valence-electron chi connectivity index (χ2n) is 6.90. The van der Waals surface area contributed by atoms with Gasteiger partial charge in [-0.2, -0.15) is 0 Å². The molecule has 2 aliphatic carbocycles. The first-order valence-electron chi connectivity index (χ1n) is 8.74. The van der Waals surface area contributed by atoms with Crippen LogP contribution in [0.1, 0.15) is 63.1 Å². The Hall–Kier alpha value is -0.860. The third-order valence-electron chi connectivity index (χ3n) is 5.05. The van der Waals surface area contributed by atoms with E-state index in [0.717, 1.165) is 18.9 Å². The van der Waals surface area contributed by atoms with Crippen LogP contribution < -0.4 is 5.32 Å². The molecule has 1 aromatic rings. The zero-order valence-electron chi connectivity index (χ0n) is 13.5. The van der Waals surface area contributed by atoms with Crippen molar-refractivity contribution in [1.82, 2.24) is 5.32 Å². The van der Waals surface area contributed by atoms with Crippen molar-refractivity contribution < 1.29 is 4.74 Å². The van der Waals surface area contributed by atoms with Gasteiger partial charge in [0, 0.05) is 6.42 Å². The molecule has 0 radical (unpaired) electrons. The predicted octanol–water partition coefficient (Wildman–Crippen LogP) is 4.25. The van der Waals surface area contributed by atoms with Crippen molar-refractivity contribution in [3.8, 4) is 0 Å². The van der Waals surface area contributed by atoms with Crippen LogP contribution in [0.4, 0.5) is 0 Å². The molecule has 1 aromatic carbocycles. The molecule has 116 valence electrons. The molecule has 21 heavy (non-hydrogen) atoms. The first kappa shape index (κ1) is 15.1. The molecular formula is C19H29NO. The molecule has 4 atom stereocenters. The van der Waals surface area contributed by atoms with Crippen LogP contribution in [0.3, 0.4) is 0 Å². The highest BCUT2D eigenvalue weighted by atomic mass is 16.5. The van der Waals surface area contributed by atoms with E-state index in [1.165, 1.54) is 43.2 Å². The minimum absolute atomic E-state index is 0.323. The Balaban J connectivity index is 1.69. The number of rotatable bonds is 5. The highest BCUT2D eigenvalue weighted by molar-refractivity contribution is 5.36. The van der Waals surface area contributed by atoms with Crippen LogP contribution in [0.2, 0.25) is 0 Å². The van der Waals surface area contributed by atoms with E-state index in [0.29, 0.717) is 18.2 Å². The SMILES string of the molecule is CCCNC1c2ccccc2CC1OC1CCCC(C)C1. The summed E-state index contributed by atoms with van der Waals surface area (Å²) < 4.78 is 6.55. The van der Waals surface area contributed by atoms with Gasteiger partial charge in [-0.1, -0.05) is 51.0 Å². The zero-order chi connectivity index (χ0) is 14.7. The van der Waals surface area contributed by atoms with Gasteiger partial charge in [-0.05, 0) is 42.9 Å². The van der Waals surface area contributed by atoms with Crippen molar-refractivity contribution in [3.63, 3.8) is 0 Å². The molecule has 2 nitrogen and oxygen atoms in total. The summed E-state index contributed by atoms with van der Waals surface area (Å²) in [6, 6.07) is 9.24. The summed E-state index contributed by atoms with van der Waals surface area (Å²) in [4.78, 5) is 0. The molecule has 4 unspecified atom stereocenters. The van der Waals surface area contributed by atoms with Gasteiger partial charge in [-0.25, -0.2) is 0 Å². The normalized spacial score (nSPS) is 32.1. The van der Waals surface area contributed by atoms with Gasteiger partial charge >= 0.3 is 0 Å². The van der Waals surface area contributed by atoms with Crippen LogP contribution >= 0.6 is 0 Å². The second-order valence-corrected chi connectivity index (χ2v) is 6.90. The van der Waals surface area contributed by atoms with Crippen molar-refractivity contribution in [3.05, 3.63) is 35.4 Å². The standard InChI is InChI=1S/C19H29NO/c1-3-11-20-19-17-10-5-4-8-15(17)13-18(19)21-16-9-6-7-14(2)12-16/h4-5,8,10,14,16,18-20H,3,6-7,9,11-13H2,1-2H3. The molecule has 0 aliphatic heterocycles. The monoisotopic (exact) mass is 287 g/mol. The van der Waals surface area contributed by atoms with E-state index < -0.39 is 0 Å². The Morgan fingerprint density at radius 3 is 2.90 bits per heavy atom. The highest BCUT2D eigenvalue weighted by Gasteiger charge is 2.34. The zero-order valence-corrected chi connectivity index (χ0v) is 13.5. The first-order chi connectivity index (χ1) is 10.3. The lowest BCUT2D eigenvalue weighted by Crippen LogP contribution is -2.35. The summed E-state index contributed by atoms with van der Waals surface area (Å²) >= 11 is 0. The number of nitrogens with one attached hydrogen (secondary N) is 1. The number of hydrogen-bond donors (Lipinski definition) is 1. The molecule has 0 amide bonds. The van der Waals surface area contributed by atoms with E-state index in [2.05, 4.69) is 43.4 Å². The second kappa shape index (κ2) is 6.93. The van der Waals surface area contributed by atoms with Crippen LogP contribution in [0, 0.1) is 5.92 Å². The van der Waals surface area contributed by atoms with Crippen molar-refractivity contribution in [2.45, 2.75) is 70.6 Å². The topological polar surface area (TPSA) is 21.3 Å². The third kappa shape index (κ3) is 3.49. The predicted molar refractivity (Wildman–Crippen MR) is 87.5 cm³/mol. The largest absolute Gasteiger partial charge is 0.373 e. The molecule has 0 heterocycles. The van der Waals surface area contributed by atoms with Crippen molar-refractivity contribution >= 4 is 0 Å². The van der Waals surface area contributed by atoms with Gasteiger partial charge in [-0.15, -0.1) is 0 Å². The van der Waals surface area contributed by atoms with E-state index in [4.69, 9.17) is 4.74 Å². The summed E-state index contributed by atoms with van der Waals surface area (Å²) in [5.74, 6) is 0.828. The van der Waals surface area contributed by atoms with Crippen LogP contribution in [-0.4, -0.2) is 18.8 Å². The molecule has 0 saturated heterocycles. The average Bonchev–Trinajstić information content (AvgIpc) is 2.82. The first-order valence-corrected chi connectivity index (χ1v) is 8.74. The third-order valence-corrected chi connectivity index (χ3v) is 5.05. The Labute approximate surface area is 129 Å². The van der Waals surface area contributed by atoms with E-state index >= 15 is 0 Å². The smallest absolute Gasteiger partial charge is 0.0813 e. The number of hydrogen-bond acceptors (Lipinski definition) is 2. The maximum Gasteiger partial charge on any atom is 0.0813 e. The van der Waals surface area contributed by atoms with Crippen molar-refractivity contribution in [2.24, 2.45) is 5.92 Å². The highest BCUT2D eigenvalue weighted by Crippen LogP contribution is 2.36. The fourth-order valence-electron chi connectivity index (χ4n) is 3.98. The van der Waals surface area contributed by atoms with Gasteiger partial charge in [0.2, 0.25) is 0 Å². The molecule has 1 N–H and O–H groups in total. The van der Waals surface area contributed by atoms with E-state index in [9.17, 15) is 0 Å². The van der Waals surface area contributed by atoms with E-state index in [1.54, 1.807) is 0 Å². The Kier molecular flexibility index (Phi) is 4.97. The quantitative estimate of drug-likeness (QED) is 0.874. The number of benzene rings is 1. The fourth-order valence-corrected chi connectivity index (χ4v) is 3.98. The van der Waals surface area contributed by atoms with Crippen molar-refractivity contribution in [1.29, 1.82) is 0 Å². The van der Waals surface area contributed by atoms with Crippen LogP contribution in [-0.2, 0) is 11.2 Å². The molecule has 3 rings (SSSR count). The molecule has 1 fully saturated rings. The Morgan fingerprint density at radius 1 is 1.24 bits per heavy atom. The minimum atomic E-state index is 0.323. The Bertz CT molecular complexity index is 459. The van der Waals surface area contributed by atoms with E-state index in [-0.39, 0.29) is 0 Å². The molecule has 0 aromatic heterocycles. The number of fused-ring (bicyclic) bond motifs is 1. The summed E-state index contributed by atoms with van der Waals surface area (Å²) in [5, 5.41) is 3.71. The molecule has 0 bridgehead atoms. The van der Waals surface area contributed by atoms with Gasteiger partial charge in [0.05, 0.1) is 18.2 Å². The van der Waals surface area contributed by atoms with Gasteiger partial charge in [0.25, 0.3) is 0 Å². The number of ether oxygens (including phenoxy) is 1. The maximum atomic E-state index is 6.55. The lowest BCUT2D eigenvalue weighted by molar-refractivity contribution is -0.0492. The minimum Gasteiger partial charge on any atom is -0.373 e. The molecule has 0 spiro atoms. The van der Waals surface area contributed by atoms with Crippen LogP contribution in [0.5, 0.6) is 0 Å². The fraction of sp³-hybridized carbons (Fsp3) is 0.684. The summed E-state index contributed by atoms with van der Waals surface area (Å²) in [7, 11) is 0. The van der Waals surface area contributed by atoms with Crippen LogP contribution in [0.25, 0.3) is 0 Å². The van der Waals surface area contributed by atoms with Crippen LogP contribution in [0.15, 0.2) is 24.3 Å². The summed E-state index contributed by atoms with van der Waals surface area (Å²) in [6.45, 7) is 5.66.